The van der Waals surface area contributed by atoms with Gasteiger partial charge in [0.2, 0.25) is 0 Å². The number of methoxy groups -OCH3 is 1. The minimum absolute atomic E-state index is 0.0429. The van der Waals surface area contributed by atoms with Gasteiger partial charge in [-0.3, -0.25) is 4.79 Å². The molecule has 6 nitrogen and oxygen atoms in total. The molecule has 6 heteroatoms. The van der Waals surface area contributed by atoms with E-state index in [1.165, 1.54) is 0 Å². The molecule has 0 atom stereocenters. The number of ether oxygens (including phenoxy) is 1. The van der Waals surface area contributed by atoms with Crippen LogP contribution in [0.1, 0.15) is 22.3 Å². The highest BCUT2D eigenvalue weighted by molar-refractivity contribution is 5.78. The molecule has 0 aliphatic carbocycles. The maximum Gasteiger partial charge on any atom is 0.307 e. The molecule has 4 aromatic rings. The van der Waals surface area contributed by atoms with E-state index in [0.717, 1.165) is 44.5 Å². The van der Waals surface area contributed by atoms with Gasteiger partial charge in [-0.1, -0.05) is 35.9 Å². The van der Waals surface area contributed by atoms with Crippen LogP contribution in [0.5, 0.6) is 5.75 Å². The molecular weight excluding hydrogens is 392 g/mol. The molecule has 0 aliphatic heterocycles. The molecule has 3 aromatic carbocycles. The number of carboxylic acid groups (broad SMARTS) is 1. The van der Waals surface area contributed by atoms with E-state index in [9.17, 15) is 9.90 Å². The van der Waals surface area contributed by atoms with Gasteiger partial charge in [0.05, 0.1) is 13.5 Å². The van der Waals surface area contributed by atoms with Crippen molar-refractivity contribution in [2.24, 2.45) is 0 Å². The Morgan fingerprint density at radius 3 is 2.58 bits per heavy atom. The Balaban J connectivity index is 1.68. The fourth-order valence-corrected chi connectivity index (χ4v) is 3.67. The first kappa shape index (κ1) is 20.5. The van der Waals surface area contributed by atoms with Crippen molar-refractivity contribution in [3.63, 3.8) is 0 Å². The third-order valence-corrected chi connectivity index (χ3v) is 5.14. The highest BCUT2D eigenvalue weighted by Crippen LogP contribution is 2.34. The maximum absolute atomic E-state index is 11.2. The molecular formula is C25H24N2O4. The van der Waals surface area contributed by atoms with Gasteiger partial charge in [0.25, 0.3) is 6.01 Å². The number of oxazole rings is 1. The van der Waals surface area contributed by atoms with Crippen LogP contribution in [-0.2, 0) is 17.8 Å². The van der Waals surface area contributed by atoms with Gasteiger partial charge in [-0.2, -0.15) is 4.98 Å². The predicted molar refractivity (Wildman–Crippen MR) is 121 cm³/mol. The Morgan fingerprint density at radius 2 is 1.81 bits per heavy atom. The number of carboxylic acids is 1. The number of aromatic nitrogens is 1. The normalized spacial score (nSPS) is 10.9. The zero-order chi connectivity index (χ0) is 22.0. The van der Waals surface area contributed by atoms with E-state index in [4.69, 9.17) is 9.15 Å². The van der Waals surface area contributed by atoms with Gasteiger partial charge in [0.15, 0.2) is 5.58 Å². The number of hydrogen-bond donors (Lipinski definition) is 2. The fourth-order valence-electron chi connectivity index (χ4n) is 3.67. The zero-order valence-corrected chi connectivity index (χ0v) is 17.7. The molecule has 0 bridgehead atoms. The lowest BCUT2D eigenvalue weighted by molar-refractivity contribution is -0.136. The molecule has 4 rings (SSSR count). The minimum atomic E-state index is -0.867. The van der Waals surface area contributed by atoms with Crippen LogP contribution in [0.2, 0.25) is 0 Å². The quantitative estimate of drug-likeness (QED) is 0.422. The summed E-state index contributed by atoms with van der Waals surface area (Å²) in [6.45, 7) is 4.55. The molecule has 2 N–H and O–H groups in total. The van der Waals surface area contributed by atoms with E-state index in [1.54, 1.807) is 13.2 Å². The average molecular weight is 416 g/mol. The molecule has 0 radical (unpaired) electrons. The first-order valence-corrected chi connectivity index (χ1v) is 10.0. The Hall–Kier alpha value is -3.80. The molecule has 0 saturated heterocycles. The van der Waals surface area contributed by atoms with Crippen molar-refractivity contribution in [2.75, 3.05) is 12.4 Å². The first-order valence-electron chi connectivity index (χ1n) is 10.0. The Morgan fingerprint density at radius 1 is 1.03 bits per heavy atom. The number of nitrogens with zero attached hydrogens (tertiary/aromatic N) is 1. The SMILES string of the molecule is COc1ccc(CC(=O)O)cc1-c1ccc(C)cc1CNc1nc2cc(C)ccc2o1. The van der Waals surface area contributed by atoms with Crippen LogP contribution in [0.3, 0.4) is 0 Å². The number of anilines is 1. The lowest BCUT2D eigenvalue weighted by Gasteiger charge is -2.15. The van der Waals surface area contributed by atoms with Gasteiger partial charge >= 0.3 is 5.97 Å². The van der Waals surface area contributed by atoms with Crippen molar-refractivity contribution >= 4 is 23.1 Å². The zero-order valence-electron chi connectivity index (χ0n) is 17.7. The van der Waals surface area contributed by atoms with Gasteiger partial charge < -0.3 is 19.6 Å². The van der Waals surface area contributed by atoms with Gasteiger partial charge in [0, 0.05) is 12.1 Å². The fraction of sp³-hybridized carbons (Fsp3) is 0.200. The monoisotopic (exact) mass is 416 g/mol. The van der Waals surface area contributed by atoms with E-state index in [2.05, 4.69) is 16.4 Å². The van der Waals surface area contributed by atoms with Gasteiger partial charge in [0.1, 0.15) is 11.3 Å². The second kappa shape index (κ2) is 8.52. The number of benzene rings is 3. The highest BCUT2D eigenvalue weighted by Gasteiger charge is 2.14. The van der Waals surface area contributed by atoms with Crippen molar-refractivity contribution in [3.8, 4) is 16.9 Å². The van der Waals surface area contributed by atoms with E-state index in [-0.39, 0.29) is 6.42 Å². The highest BCUT2D eigenvalue weighted by atomic mass is 16.5. The van der Waals surface area contributed by atoms with Crippen molar-refractivity contribution < 1.29 is 19.1 Å². The van der Waals surface area contributed by atoms with Crippen LogP contribution in [-0.4, -0.2) is 23.2 Å². The van der Waals surface area contributed by atoms with E-state index in [0.29, 0.717) is 18.3 Å². The molecule has 1 heterocycles. The number of carbonyl (C=O) groups is 1. The summed E-state index contributed by atoms with van der Waals surface area (Å²) in [7, 11) is 1.61. The molecule has 1 aromatic heterocycles. The summed E-state index contributed by atoms with van der Waals surface area (Å²) >= 11 is 0. The summed E-state index contributed by atoms with van der Waals surface area (Å²) in [5, 5.41) is 12.5. The number of nitrogens with one attached hydrogen (secondary N) is 1. The molecule has 0 spiro atoms. The lowest BCUT2D eigenvalue weighted by atomic mass is 9.95. The largest absolute Gasteiger partial charge is 0.496 e. The van der Waals surface area contributed by atoms with Crippen LogP contribution in [0, 0.1) is 13.8 Å². The number of aryl methyl sites for hydroxylation is 2. The van der Waals surface area contributed by atoms with E-state index >= 15 is 0 Å². The smallest absolute Gasteiger partial charge is 0.307 e. The second-order valence-electron chi connectivity index (χ2n) is 7.61. The van der Waals surface area contributed by atoms with Gasteiger partial charge in [-0.05, 0) is 60.4 Å². The number of fused-ring (bicyclic) bond motifs is 1. The van der Waals surface area contributed by atoms with Gasteiger partial charge in [-0.15, -0.1) is 0 Å². The molecule has 0 saturated carbocycles. The van der Waals surface area contributed by atoms with Crippen molar-refractivity contribution in [1.82, 2.24) is 4.98 Å². The van der Waals surface area contributed by atoms with Crippen LogP contribution in [0.25, 0.3) is 22.2 Å². The predicted octanol–water partition coefficient (Wildman–Crippen LogP) is 5.36. The first-order chi connectivity index (χ1) is 14.9. The maximum atomic E-state index is 11.2. The number of aliphatic carboxylic acids is 1. The molecule has 0 amide bonds. The standard InChI is InChI=1S/C25H24N2O4/c1-15-4-7-19(20-12-17(13-24(28)29)6-9-22(20)30-3)18(10-15)14-26-25-27-21-11-16(2)5-8-23(21)31-25/h4-12H,13-14H2,1-3H3,(H,26,27)(H,28,29). The summed E-state index contributed by atoms with van der Waals surface area (Å²) in [5.74, 6) is -0.176. The lowest BCUT2D eigenvalue weighted by Crippen LogP contribution is -2.04. The van der Waals surface area contributed by atoms with E-state index in [1.807, 2.05) is 56.3 Å². The van der Waals surface area contributed by atoms with Crippen LogP contribution in [0.15, 0.2) is 59.0 Å². The van der Waals surface area contributed by atoms with Gasteiger partial charge in [-0.25, -0.2) is 0 Å². The Labute approximate surface area is 180 Å². The van der Waals surface area contributed by atoms with E-state index < -0.39 is 5.97 Å². The summed E-state index contributed by atoms with van der Waals surface area (Å²) in [4.78, 5) is 15.7. The molecule has 158 valence electrons. The topological polar surface area (TPSA) is 84.6 Å². The summed E-state index contributed by atoms with van der Waals surface area (Å²) in [6.07, 6.45) is -0.0429. The third kappa shape index (κ3) is 4.53. The Kier molecular flexibility index (Phi) is 5.62. The number of rotatable bonds is 7. The van der Waals surface area contributed by atoms with Crippen LogP contribution >= 0.6 is 0 Å². The molecule has 0 fully saturated rings. The summed E-state index contributed by atoms with van der Waals surface area (Å²) in [5.41, 5.74) is 7.37. The average Bonchev–Trinajstić information content (AvgIpc) is 3.14. The van der Waals surface area contributed by atoms with Crippen LogP contribution < -0.4 is 10.1 Å². The molecule has 0 unspecified atom stereocenters. The van der Waals surface area contributed by atoms with Crippen molar-refractivity contribution in [3.05, 3.63) is 76.9 Å². The number of hydrogen-bond acceptors (Lipinski definition) is 5. The third-order valence-electron chi connectivity index (χ3n) is 5.14. The van der Waals surface area contributed by atoms with Crippen molar-refractivity contribution in [1.29, 1.82) is 0 Å². The molecule has 0 aliphatic rings. The summed E-state index contributed by atoms with van der Waals surface area (Å²) in [6, 6.07) is 18.0. The molecule has 31 heavy (non-hydrogen) atoms. The van der Waals surface area contributed by atoms with Crippen molar-refractivity contribution in [2.45, 2.75) is 26.8 Å². The summed E-state index contributed by atoms with van der Waals surface area (Å²) < 4.78 is 11.4. The Bertz CT molecular complexity index is 1260. The minimum Gasteiger partial charge on any atom is -0.496 e. The van der Waals surface area contributed by atoms with Crippen LogP contribution in [0.4, 0.5) is 6.01 Å². The second-order valence-corrected chi connectivity index (χ2v) is 7.61.